The third kappa shape index (κ3) is 5.89. The third-order valence-electron chi connectivity index (χ3n) is 11.4. The summed E-state index contributed by atoms with van der Waals surface area (Å²) < 4.78 is 0. The molecule has 0 atom stereocenters. The molecule has 0 amide bonds. The van der Waals surface area contributed by atoms with E-state index in [9.17, 15) is 0 Å². The number of benzene rings is 9. The minimum atomic E-state index is 0.682. The molecule has 270 valence electrons. The summed E-state index contributed by atoms with van der Waals surface area (Å²) in [5, 5.41) is 10.2. The number of hydrogen-bond acceptors (Lipinski definition) is 3. The van der Waals surface area contributed by atoms with E-state index in [4.69, 9.17) is 9.97 Å². The van der Waals surface area contributed by atoms with E-state index in [2.05, 4.69) is 193 Å². The van der Waals surface area contributed by atoms with E-state index in [0.717, 1.165) is 44.8 Å². The molecule has 0 spiro atoms. The Kier molecular flexibility index (Phi) is 8.15. The van der Waals surface area contributed by atoms with Crippen LogP contribution in [0.5, 0.6) is 0 Å². The Morgan fingerprint density at radius 3 is 1.31 bits per heavy atom. The fraction of sp³-hybridized carbons (Fsp3) is 0. The monoisotopic (exact) mass is 737 g/mol. The van der Waals surface area contributed by atoms with Gasteiger partial charge in [-0.15, -0.1) is 0 Å². The number of nitrogens with zero attached hydrogens (tertiary/aromatic N) is 3. The van der Waals surface area contributed by atoms with E-state index in [1.165, 1.54) is 59.8 Å². The van der Waals surface area contributed by atoms with Crippen molar-refractivity contribution in [3.8, 4) is 67.3 Å². The van der Waals surface area contributed by atoms with Crippen LogP contribution in [0.4, 0.5) is 0 Å². The molecule has 9 aromatic carbocycles. The molecular formula is C55H35N3. The van der Waals surface area contributed by atoms with Gasteiger partial charge < -0.3 is 0 Å². The predicted octanol–water partition coefficient (Wildman–Crippen LogP) is 14.5. The normalized spacial score (nSPS) is 11.4. The van der Waals surface area contributed by atoms with E-state index < -0.39 is 0 Å². The van der Waals surface area contributed by atoms with Crippen molar-refractivity contribution in [2.75, 3.05) is 0 Å². The maximum atomic E-state index is 5.20. The Balaban J connectivity index is 1.03. The first-order chi connectivity index (χ1) is 28.7. The van der Waals surface area contributed by atoms with Gasteiger partial charge in [-0.05, 0) is 94.7 Å². The van der Waals surface area contributed by atoms with Crippen LogP contribution in [0.2, 0.25) is 0 Å². The average molecular weight is 738 g/mol. The molecule has 0 aliphatic rings. The molecule has 2 heterocycles. The Hall–Kier alpha value is -7.75. The van der Waals surface area contributed by atoms with Crippen molar-refractivity contribution in [3.63, 3.8) is 0 Å². The summed E-state index contributed by atoms with van der Waals surface area (Å²) in [5.74, 6) is 0.682. The van der Waals surface area contributed by atoms with Gasteiger partial charge in [-0.1, -0.05) is 182 Å². The van der Waals surface area contributed by atoms with Gasteiger partial charge in [0.1, 0.15) is 0 Å². The highest BCUT2D eigenvalue weighted by molar-refractivity contribution is 6.33. The molecule has 2 aromatic heterocycles. The van der Waals surface area contributed by atoms with E-state index in [1.807, 2.05) is 18.3 Å². The molecule has 0 saturated carbocycles. The number of fused-ring (bicyclic) bond motifs is 8. The van der Waals surface area contributed by atoms with Crippen LogP contribution in [0.25, 0.3) is 110 Å². The van der Waals surface area contributed by atoms with Gasteiger partial charge >= 0.3 is 0 Å². The molecular weight excluding hydrogens is 703 g/mol. The summed E-state index contributed by atoms with van der Waals surface area (Å²) in [6.07, 6.45) is 3.68. The van der Waals surface area contributed by atoms with Crippen LogP contribution in [0.1, 0.15) is 0 Å². The molecule has 0 aliphatic carbocycles. The smallest absolute Gasteiger partial charge is 0.160 e. The summed E-state index contributed by atoms with van der Waals surface area (Å²) in [4.78, 5) is 14.7. The molecule has 0 unspecified atom stereocenters. The zero-order valence-electron chi connectivity index (χ0n) is 31.5. The topological polar surface area (TPSA) is 38.7 Å². The number of aromatic nitrogens is 3. The molecule has 11 aromatic rings. The summed E-state index contributed by atoms with van der Waals surface area (Å²) in [6, 6.07) is 71.4. The Labute approximate surface area is 336 Å². The first kappa shape index (κ1) is 33.6. The van der Waals surface area contributed by atoms with Crippen LogP contribution >= 0.6 is 0 Å². The lowest BCUT2D eigenvalue weighted by Crippen LogP contribution is -1.96. The Bertz CT molecular complexity index is 3180. The van der Waals surface area contributed by atoms with Gasteiger partial charge in [0, 0.05) is 29.1 Å². The maximum Gasteiger partial charge on any atom is 0.160 e. The SMILES string of the molecule is c1ccc(-c2ccc(-c3cc(-c4ccc(-c5cc6c7ccccc7c7ccccc7c6c6ccccc56)cc4)nc(-c4ccc(-c5cccnc5)cc4)n3)cc2)cc1. The average Bonchev–Trinajstić information content (AvgIpc) is 3.32. The Morgan fingerprint density at radius 1 is 0.276 bits per heavy atom. The standard InChI is InChI=1S/C55H35N3/c1-2-11-36(12-3-1)37-20-26-40(27-21-37)52-34-53(58-55(57-52)42-30-22-38(23-31-42)43-13-10-32-56-35-43)41-28-24-39(25-29-41)50-33-51-46-16-5-4-14-44(46)45-15-6-8-18-48(45)54(51)49-19-9-7-17-47(49)50/h1-35H. The zero-order valence-corrected chi connectivity index (χ0v) is 31.5. The van der Waals surface area contributed by atoms with Gasteiger partial charge in [0.2, 0.25) is 0 Å². The highest BCUT2D eigenvalue weighted by Crippen LogP contribution is 2.43. The lowest BCUT2D eigenvalue weighted by atomic mass is 9.87. The number of pyridine rings is 1. The highest BCUT2D eigenvalue weighted by atomic mass is 14.9. The van der Waals surface area contributed by atoms with E-state index in [0.29, 0.717) is 5.82 Å². The molecule has 3 nitrogen and oxygen atoms in total. The van der Waals surface area contributed by atoms with Crippen LogP contribution < -0.4 is 0 Å². The molecule has 11 rings (SSSR count). The maximum absolute atomic E-state index is 5.20. The van der Waals surface area contributed by atoms with Crippen LogP contribution in [0.3, 0.4) is 0 Å². The second-order valence-electron chi connectivity index (χ2n) is 14.8. The van der Waals surface area contributed by atoms with Crippen molar-refractivity contribution in [1.82, 2.24) is 15.0 Å². The molecule has 0 saturated heterocycles. The van der Waals surface area contributed by atoms with E-state index in [1.54, 1.807) is 6.20 Å². The second-order valence-corrected chi connectivity index (χ2v) is 14.8. The van der Waals surface area contributed by atoms with E-state index in [-0.39, 0.29) is 0 Å². The molecule has 3 heteroatoms. The Morgan fingerprint density at radius 2 is 0.707 bits per heavy atom. The van der Waals surface area contributed by atoms with E-state index >= 15 is 0 Å². The van der Waals surface area contributed by atoms with Crippen molar-refractivity contribution in [2.24, 2.45) is 0 Å². The van der Waals surface area contributed by atoms with Crippen molar-refractivity contribution < 1.29 is 0 Å². The molecule has 0 N–H and O–H groups in total. The summed E-state index contributed by atoms with van der Waals surface area (Å²) in [5.41, 5.74) is 11.7. The fourth-order valence-corrected chi connectivity index (χ4v) is 8.51. The fourth-order valence-electron chi connectivity index (χ4n) is 8.51. The van der Waals surface area contributed by atoms with Crippen molar-refractivity contribution in [3.05, 3.63) is 213 Å². The van der Waals surface area contributed by atoms with Gasteiger partial charge in [-0.25, -0.2) is 9.97 Å². The van der Waals surface area contributed by atoms with Crippen LogP contribution in [0, 0.1) is 0 Å². The molecule has 0 radical (unpaired) electrons. The number of rotatable bonds is 6. The first-order valence-electron chi connectivity index (χ1n) is 19.7. The summed E-state index contributed by atoms with van der Waals surface area (Å²) >= 11 is 0. The van der Waals surface area contributed by atoms with Gasteiger partial charge in [0.25, 0.3) is 0 Å². The van der Waals surface area contributed by atoms with Crippen LogP contribution in [0.15, 0.2) is 213 Å². The van der Waals surface area contributed by atoms with Gasteiger partial charge in [0.05, 0.1) is 11.4 Å². The molecule has 0 bridgehead atoms. The zero-order chi connectivity index (χ0) is 38.4. The lowest BCUT2D eigenvalue weighted by molar-refractivity contribution is 1.18. The van der Waals surface area contributed by atoms with Crippen molar-refractivity contribution >= 4 is 43.1 Å². The quantitative estimate of drug-likeness (QED) is 0.160. The summed E-state index contributed by atoms with van der Waals surface area (Å²) in [7, 11) is 0. The van der Waals surface area contributed by atoms with Crippen molar-refractivity contribution in [2.45, 2.75) is 0 Å². The molecule has 0 aliphatic heterocycles. The number of hydrogen-bond donors (Lipinski definition) is 0. The van der Waals surface area contributed by atoms with Crippen molar-refractivity contribution in [1.29, 1.82) is 0 Å². The van der Waals surface area contributed by atoms with Crippen LogP contribution in [-0.2, 0) is 0 Å². The second kappa shape index (κ2) is 14.1. The van der Waals surface area contributed by atoms with Crippen LogP contribution in [-0.4, -0.2) is 15.0 Å². The molecule has 0 fully saturated rings. The van der Waals surface area contributed by atoms with Gasteiger partial charge in [0.15, 0.2) is 5.82 Å². The van der Waals surface area contributed by atoms with Gasteiger partial charge in [-0.2, -0.15) is 0 Å². The minimum absolute atomic E-state index is 0.682. The molecule has 58 heavy (non-hydrogen) atoms. The highest BCUT2D eigenvalue weighted by Gasteiger charge is 2.16. The minimum Gasteiger partial charge on any atom is -0.264 e. The first-order valence-corrected chi connectivity index (χ1v) is 19.7. The third-order valence-corrected chi connectivity index (χ3v) is 11.4. The predicted molar refractivity (Wildman–Crippen MR) is 242 cm³/mol. The summed E-state index contributed by atoms with van der Waals surface area (Å²) in [6.45, 7) is 0. The lowest BCUT2D eigenvalue weighted by Gasteiger charge is -2.16. The van der Waals surface area contributed by atoms with Gasteiger partial charge in [-0.3, -0.25) is 4.98 Å². The largest absolute Gasteiger partial charge is 0.264 e.